The number of carbonyl (C=O) groups excluding carboxylic acids is 1. The van der Waals surface area contributed by atoms with E-state index in [1.165, 1.54) is 15.3 Å². The average molecular weight is 513 g/mol. The third-order valence-electron chi connectivity index (χ3n) is 5.90. The third kappa shape index (κ3) is 4.33. The first-order valence-corrected chi connectivity index (χ1v) is 12.6. The van der Waals surface area contributed by atoms with Crippen LogP contribution < -0.4 is 0 Å². The highest BCUT2D eigenvalue weighted by Crippen LogP contribution is 2.35. The van der Waals surface area contributed by atoms with Gasteiger partial charge in [0.2, 0.25) is 5.82 Å². The van der Waals surface area contributed by atoms with Gasteiger partial charge in [0.25, 0.3) is 15.9 Å². The van der Waals surface area contributed by atoms with Crippen LogP contribution in [0.15, 0.2) is 53.9 Å². The molecule has 0 aliphatic carbocycles. The van der Waals surface area contributed by atoms with Gasteiger partial charge < -0.3 is 15.0 Å². The smallest absolute Gasteiger partial charge is 0.291 e. The van der Waals surface area contributed by atoms with Crippen molar-refractivity contribution in [3.05, 3.63) is 65.5 Å². The second kappa shape index (κ2) is 8.91. The van der Waals surface area contributed by atoms with Crippen molar-refractivity contribution in [3.8, 4) is 16.9 Å². The Bertz CT molecular complexity index is 1530. The molecule has 2 N–H and O–H groups in total. The Morgan fingerprint density at radius 1 is 1.03 bits per heavy atom. The summed E-state index contributed by atoms with van der Waals surface area (Å²) in [5.41, 5.74) is 2.99. The Morgan fingerprint density at radius 3 is 2.43 bits per heavy atom. The normalized spacial score (nSPS) is 15.0. The van der Waals surface area contributed by atoms with Gasteiger partial charge in [0.1, 0.15) is 0 Å². The van der Waals surface area contributed by atoms with Crippen molar-refractivity contribution < 1.29 is 18.3 Å². The number of sulfonamides is 1. The highest BCUT2D eigenvalue weighted by Gasteiger charge is 2.34. The summed E-state index contributed by atoms with van der Waals surface area (Å²) < 4.78 is 27.6. The van der Waals surface area contributed by atoms with Crippen LogP contribution >= 0.6 is 11.6 Å². The lowest BCUT2D eigenvalue weighted by Crippen LogP contribution is -2.50. The van der Waals surface area contributed by atoms with E-state index in [-0.39, 0.29) is 48.7 Å². The fraction of sp³-hybridized carbons (Fsp3) is 0.217. The highest BCUT2D eigenvalue weighted by molar-refractivity contribution is 7.89. The molecule has 12 heteroatoms. The minimum atomic E-state index is -4.01. The largest absolute Gasteiger partial charge is 0.504 e. The molecule has 0 radical (unpaired) electrons. The molecule has 5 rings (SSSR count). The third-order valence-corrected chi connectivity index (χ3v) is 7.99. The molecule has 180 valence electrons. The first-order valence-electron chi connectivity index (χ1n) is 10.8. The number of rotatable bonds is 4. The maximum Gasteiger partial charge on any atom is 0.291 e. The molecule has 0 bridgehead atoms. The van der Waals surface area contributed by atoms with Crippen LogP contribution in [0.4, 0.5) is 0 Å². The topological polar surface area (TPSA) is 132 Å². The maximum atomic E-state index is 13.2. The number of halogens is 1. The first-order chi connectivity index (χ1) is 16.7. The van der Waals surface area contributed by atoms with Gasteiger partial charge in [-0.05, 0) is 42.8 Å². The van der Waals surface area contributed by atoms with E-state index < -0.39 is 10.0 Å². The van der Waals surface area contributed by atoms with Crippen molar-refractivity contribution in [2.24, 2.45) is 0 Å². The second-order valence-corrected chi connectivity index (χ2v) is 10.5. The van der Waals surface area contributed by atoms with Crippen LogP contribution in [0.2, 0.25) is 5.02 Å². The molecule has 10 nitrogen and oxygen atoms in total. The number of aryl methyl sites for hydroxylation is 1. The van der Waals surface area contributed by atoms with Crippen molar-refractivity contribution in [3.63, 3.8) is 0 Å². The first kappa shape index (κ1) is 23.2. The molecule has 1 aromatic carbocycles. The van der Waals surface area contributed by atoms with E-state index in [0.717, 1.165) is 16.8 Å². The maximum absolute atomic E-state index is 13.2. The molecular formula is C23H21ClN6O4S. The molecule has 35 heavy (non-hydrogen) atoms. The van der Waals surface area contributed by atoms with Crippen molar-refractivity contribution in [2.75, 3.05) is 26.2 Å². The van der Waals surface area contributed by atoms with Crippen molar-refractivity contribution in [1.82, 2.24) is 29.1 Å². The van der Waals surface area contributed by atoms with Crippen LogP contribution in [-0.2, 0) is 10.0 Å². The van der Waals surface area contributed by atoms with Crippen LogP contribution in [0.1, 0.15) is 16.3 Å². The zero-order chi connectivity index (χ0) is 24.7. The van der Waals surface area contributed by atoms with E-state index in [1.54, 1.807) is 30.7 Å². The fourth-order valence-electron chi connectivity index (χ4n) is 4.03. The minimum Gasteiger partial charge on any atom is -0.504 e. The van der Waals surface area contributed by atoms with E-state index in [9.17, 15) is 18.3 Å². The van der Waals surface area contributed by atoms with Crippen LogP contribution in [-0.4, -0.2) is 74.8 Å². The highest BCUT2D eigenvalue weighted by atomic mass is 35.5. The summed E-state index contributed by atoms with van der Waals surface area (Å²) in [5.74, 6) is -0.706. The molecule has 0 atom stereocenters. The van der Waals surface area contributed by atoms with Crippen LogP contribution in [0.3, 0.4) is 0 Å². The van der Waals surface area contributed by atoms with Crippen molar-refractivity contribution >= 4 is 38.4 Å². The van der Waals surface area contributed by atoms with E-state index in [2.05, 4.69) is 19.9 Å². The van der Waals surface area contributed by atoms with Crippen LogP contribution in [0, 0.1) is 6.92 Å². The second-order valence-electron chi connectivity index (χ2n) is 8.17. The molecule has 1 aliphatic heterocycles. The molecule has 1 saturated heterocycles. The minimum absolute atomic E-state index is 0.0426. The number of hydrogen-bond acceptors (Lipinski definition) is 7. The summed E-state index contributed by atoms with van der Waals surface area (Å²) in [4.78, 5) is 29.8. The van der Waals surface area contributed by atoms with Gasteiger partial charge in [-0.15, -0.1) is 0 Å². The number of nitrogens with zero attached hydrogens (tertiary/aromatic N) is 5. The van der Waals surface area contributed by atoms with Gasteiger partial charge in [0.15, 0.2) is 10.8 Å². The van der Waals surface area contributed by atoms with Gasteiger partial charge in [-0.1, -0.05) is 11.6 Å². The molecule has 0 saturated carbocycles. The van der Waals surface area contributed by atoms with Gasteiger partial charge in [-0.25, -0.2) is 18.4 Å². The lowest BCUT2D eigenvalue weighted by atomic mass is 10.1. The molecule has 1 fully saturated rings. The van der Waals surface area contributed by atoms with Crippen molar-refractivity contribution in [1.29, 1.82) is 0 Å². The molecule has 0 spiro atoms. The summed E-state index contributed by atoms with van der Waals surface area (Å²) in [6, 6.07) is 8.45. The van der Waals surface area contributed by atoms with E-state index in [4.69, 9.17) is 11.6 Å². The molecular weight excluding hydrogens is 492 g/mol. The van der Waals surface area contributed by atoms with Crippen LogP contribution in [0.25, 0.3) is 22.0 Å². The Kier molecular flexibility index (Phi) is 5.91. The Hall–Kier alpha value is -3.54. The average Bonchev–Trinajstić information content (AvgIpc) is 3.20. The predicted molar refractivity (Wildman–Crippen MR) is 130 cm³/mol. The number of aromatic nitrogens is 4. The Balaban J connectivity index is 1.28. The molecule has 0 unspecified atom stereocenters. The molecule has 1 aliphatic rings. The SMILES string of the molecule is Cc1cc(-c2cnc(C(=O)N3CCN(S(=O)(=O)c4[nH]c5ccc(Cl)cc5c4O)CC3)nc2)ccn1. The van der Waals surface area contributed by atoms with Gasteiger partial charge >= 0.3 is 0 Å². The quantitative estimate of drug-likeness (QED) is 0.429. The summed E-state index contributed by atoms with van der Waals surface area (Å²) in [6.45, 7) is 2.35. The number of piperazine rings is 1. The van der Waals surface area contributed by atoms with E-state index in [1.807, 2.05) is 19.1 Å². The number of benzene rings is 1. The van der Waals surface area contributed by atoms with E-state index >= 15 is 0 Å². The predicted octanol–water partition coefficient (Wildman–Crippen LogP) is 2.83. The standard InChI is InChI=1S/C23H21ClN6O4S/c1-14-10-15(4-5-25-14)16-12-26-21(27-13-16)23(32)29-6-8-30(9-7-29)35(33,34)22-20(31)18-11-17(24)2-3-19(18)28-22/h2-5,10-13,28,31H,6-9H2,1H3. The number of H-pyrrole nitrogens is 1. The zero-order valence-corrected chi connectivity index (χ0v) is 20.2. The number of aromatic amines is 1. The van der Waals surface area contributed by atoms with Gasteiger partial charge in [-0.2, -0.15) is 4.31 Å². The van der Waals surface area contributed by atoms with Crippen LogP contribution in [0.5, 0.6) is 5.75 Å². The summed E-state index contributed by atoms with van der Waals surface area (Å²) in [7, 11) is -4.01. The molecule has 3 aromatic heterocycles. The number of fused-ring (bicyclic) bond motifs is 1. The summed E-state index contributed by atoms with van der Waals surface area (Å²) in [5, 5.41) is 10.9. The lowest BCUT2D eigenvalue weighted by molar-refractivity contribution is 0.0685. The molecule has 4 heterocycles. The summed E-state index contributed by atoms with van der Waals surface area (Å²) in [6.07, 6.45) is 4.86. The van der Waals surface area contributed by atoms with Gasteiger partial charge in [0.05, 0.1) is 5.52 Å². The number of carbonyl (C=O) groups is 1. The number of hydrogen-bond donors (Lipinski definition) is 2. The number of amides is 1. The lowest BCUT2D eigenvalue weighted by Gasteiger charge is -2.33. The van der Waals surface area contributed by atoms with Gasteiger partial charge in [0, 0.05) is 66.4 Å². The monoisotopic (exact) mass is 512 g/mol. The Morgan fingerprint density at radius 2 is 1.74 bits per heavy atom. The number of aromatic hydroxyl groups is 1. The molecule has 1 amide bonds. The van der Waals surface area contributed by atoms with E-state index in [0.29, 0.717) is 15.9 Å². The fourth-order valence-corrected chi connectivity index (χ4v) is 5.69. The number of pyridine rings is 1. The van der Waals surface area contributed by atoms with Crippen molar-refractivity contribution in [2.45, 2.75) is 11.9 Å². The summed E-state index contributed by atoms with van der Waals surface area (Å²) >= 11 is 5.97. The van der Waals surface area contributed by atoms with Gasteiger partial charge in [-0.3, -0.25) is 9.78 Å². The number of nitrogens with one attached hydrogen (secondary N) is 1. The zero-order valence-electron chi connectivity index (χ0n) is 18.6. The Labute approximate surface area is 206 Å². The molecule has 4 aromatic rings.